The fraction of sp³-hybridized carbons (Fsp3) is 0.360. The van der Waals surface area contributed by atoms with E-state index in [4.69, 9.17) is 4.74 Å². The predicted octanol–water partition coefficient (Wildman–Crippen LogP) is 4.51. The maximum absolute atomic E-state index is 12.9. The van der Waals surface area contributed by atoms with Crippen LogP contribution in [-0.2, 0) is 10.0 Å². The fourth-order valence-corrected chi connectivity index (χ4v) is 5.33. The molecular formula is C25H29N5O4S. The summed E-state index contributed by atoms with van der Waals surface area (Å²) in [7, 11) is -2.36. The number of aromatic nitrogens is 3. The molecule has 2 N–H and O–H groups in total. The minimum Gasteiger partial charge on any atom is -0.437 e. The number of benzene rings is 1. The van der Waals surface area contributed by atoms with E-state index in [1.165, 1.54) is 25.4 Å². The van der Waals surface area contributed by atoms with Gasteiger partial charge in [0.1, 0.15) is 11.4 Å². The van der Waals surface area contributed by atoms with Crippen molar-refractivity contribution in [1.29, 1.82) is 0 Å². The lowest BCUT2D eigenvalue weighted by Crippen LogP contribution is -2.27. The number of sulfonamides is 1. The summed E-state index contributed by atoms with van der Waals surface area (Å²) in [6.07, 6.45) is 5.63. The van der Waals surface area contributed by atoms with Gasteiger partial charge in [-0.05, 0) is 42.5 Å². The Labute approximate surface area is 205 Å². The van der Waals surface area contributed by atoms with Crippen molar-refractivity contribution in [3.8, 4) is 11.6 Å². The molecule has 2 heterocycles. The van der Waals surface area contributed by atoms with Gasteiger partial charge in [-0.3, -0.25) is 4.79 Å². The number of carbonyl (C=O) groups is 1. The molecular weight excluding hydrogens is 466 g/mol. The summed E-state index contributed by atoms with van der Waals surface area (Å²) >= 11 is 0. The third kappa shape index (κ3) is 5.76. The second-order valence-electron chi connectivity index (χ2n) is 9.22. The number of pyridine rings is 1. The zero-order valence-electron chi connectivity index (χ0n) is 20.0. The number of nitrogens with one attached hydrogen (secondary N) is 2. The lowest BCUT2D eigenvalue weighted by molar-refractivity contribution is 0.0958. The average Bonchev–Trinajstić information content (AvgIpc) is 2.84. The first kappa shape index (κ1) is 24.6. The number of hydrogen-bond donors (Lipinski definition) is 2. The van der Waals surface area contributed by atoms with Crippen LogP contribution in [0.25, 0.3) is 0 Å². The molecule has 2 aromatic heterocycles. The van der Waals surface area contributed by atoms with Gasteiger partial charge < -0.3 is 10.1 Å². The molecule has 1 aliphatic carbocycles. The Bertz CT molecular complexity index is 1300. The lowest BCUT2D eigenvalue weighted by Gasteiger charge is -2.38. The van der Waals surface area contributed by atoms with Crippen molar-refractivity contribution in [3.63, 3.8) is 0 Å². The fourth-order valence-electron chi connectivity index (χ4n) is 4.36. The smallest absolute Gasteiger partial charge is 0.269 e. The quantitative estimate of drug-likeness (QED) is 0.494. The molecule has 0 saturated heterocycles. The standard InChI is InChI=1S/C25H29N5O4S/c1-25(2)14-8-7-11-19(25)21-15-22(34-17-12-13-20(27-16-17)23(31)26-3)29-24(28-21)30-35(32,33)18-9-5-4-6-10-18/h4-6,9-10,12-13,15-16,19H,7-8,11,14H2,1-3H3,(H,26,31)(H,28,29,30). The molecule has 1 atom stereocenters. The zero-order valence-corrected chi connectivity index (χ0v) is 20.8. The summed E-state index contributed by atoms with van der Waals surface area (Å²) in [5.74, 6) is 0.310. The van der Waals surface area contributed by atoms with Crippen LogP contribution in [-0.4, -0.2) is 36.3 Å². The molecule has 0 radical (unpaired) electrons. The van der Waals surface area contributed by atoms with Gasteiger partial charge in [0, 0.05) is 19.0 Å². The van der Waals surface area contributed by atoms with E-state index in [9.17, 15) is 13.2 Å². The highest BCUT2D eigenvalue weighted by Crippen LogP contribution is 2.46. The van der Waals surface area contributed by atoms with Crippen LogP contribution in [0.1, 0.15) is 61.6 Å². The van der Waals surface area contributed by atoms with E-state index in [-0.39, 0.29) is 39.7 Å². The van der Waals surface area contributed by atoms with Crippen molar-refractivity contribution in [2.24, 2.45) is 5.41 Å². The molecule has 1 aliphatic rings. The van der Waals surface area contributed by atoms with E-state index in [0.717, 1.165) is 31.4 Å². The van der Waals surface area contributed by atoms with E-state index >= 15 is 0 Å². The molecule has 184 valence electrons. The Morgan fingerprint density at radius 2 is 1.86 bits per heavy atom. The molecule has 4 rings (SSSR count). The van der Waals surface area contributed by atoms with Crippen LogP contribution in [0, 0.1) is 5.41 Å². The Morgan fingerprint density at radius 3 is 2.51 bits per heavy atom. The van der Waals surface area contributed by atoms with Crippen molar-refractivity contribution in [2.45, 2.75) is 50.3 Å². The number of anilines is 1. The van der Waals surface area contributed by atoms with Crippen LogP contribution in [0.2, 0.25) is 0 Å². The second kappa shape index (κ2) is 9.99. The third-order valence-corrected chi connectivity index (χ3v) is 7.63. The highest BCUT2D eigenvalue weighted by Gasteiger charge is 2.35. The maximum atomic E-state index is 12.9. The number of ether oxygens (including phenoxy) is 1. The number of amides is 1. The largest absolute Gasteiger partial charge is 0.437 e. The normalized spacial score (nSPS) is 17.4. The number of carbonyl (C=O) groups excluding carboxylic acids is 1. The lowest BCUT2D eigenvalue weighted by atomic mass is 9.67. The van der Waals surface area contributed by atoms with Crippen LogP contribution < -0.4 is 14.8 Å². The van der Waals surface area contributed by atoms with Gasteiger partial charge in [-0.1, -0.05) is 44.9 Å². The monoisotopic (exact) mass is 495 g/mol. The number of rotatable bonds is 7. The molecule has 1 aromatic carbocycles. The Kier molecular flexibility index (Phi) is 7.02. The van der Waals surface area contributed by atoms with Crippen molar-refractivity contribution in [2.75, 3.05) is 11.8 Å². The van der Waals surface area contributed by atoms with E-state index in [2.05, 4.69) is 38.8 Å². The van der Waals surface area contributed by atoms with Crippen LogP contribution >= 0.6 is 0 Å². The van der Waals surface area contributed by atoms with E-state index in [1.54, 1.807) is 36.4 Å². The van der Waals surface area contributed by atoms with E-state index in [0.29, 0.717) is 5.75 Å². The molecule has 1 fully saturated rings. The topological polar surface area (TPSA) is 123 Å². The van der Waals surface area contributed by atoms with E-state index < -0.39 is 10.0 Å². The highest BCUT2D eigenvalue weighted by atomic mass is 32.2. The highest BCUT2D eigenvalue weighted by molar-refractivity contribution is 7.92. The summed E-state index contributed by atoms with van der Waals surface area (Å²) in [6, 6.07) is 13.0. The Hall–Kier alpha value is -3.53. The summed E-state index contributed by atoms with van der Waals surface area (Å²) in [6.45, 7) is 4.41. The Balaban J connectivity index is 1.69. The summed E-state index contributed by atoms with van der Waals surface area (Å²) < 4.78 is 34.3. The zero-order chi connectivity index (χ0) is 25.1. The summed E-state index contributed by atoms with van der Waals surface area (Å²) in [5.41, 5.74) is 0.972. The van der Waals surface area contributed by atoms with Gasteiger partial charge in [-0.25, -0.2) is 23.1 Å². The van der Waals surface area contributed by atoms with Crippen molar-refractivity contribution in [3.05, 3.63) is 66.1 Å². The molecule has 35 heavy (non-hydrogen) atoms. The van der Waals surface area contributed by atoms with Gasteiger partial charge >= 0.3 is 0 Å². The van der Waals surface area contributed by atoms with E-state index in [1.807, 2.05) is 0 Å². The maximum Gasteiger partial charge on any atom is 0.269 e. The first-order valence-corrected chi connectivity index (χ1v) is 13.0. The Morgan fingerprint density at radius 1 is 1.09 bits per heavy atom. The van der Waals surface area contributed by atoms with Crippen molar-refractivity contribution >= 4 is 21.9 Å². The molecule has 1 saturated carbocycles. The second-order valence-corrected chi connectivity index (χ2v) is 10.9. The van der Waals surface area contributed by atoms with Gasteiger partial charge in [0.05, 0.1) is 16.8 Å². The molecule has 1 unspecified atom stereocenters. The number of hydrogen-bond acceptors (Lipinski definition) is 7. The first-order valence-electron chi connectivity index (χ1n) is 11.5. The summed E-state index contributed by atoms with van der Waals surface area (Å²) in [4.78, 5) is 24.9. The molecule has 3 aromatic rings. The van der Waals surface area contributed by atoms with Gasteiger partial charge in [0.25, 0.3) is 15.9 Å². The first-order chi connectivity index (χ1) is 16.7. The molecule has 0 bridgehead atoms. The molecule has 10 heteroatoms. The minimum absolute atomic E-state index is 0.00380. The van der Waals surface area contributed by atoms with Crippen LogP contribution in [0.4, 0.5) is 5.95 Å². The predicted molar refractivity (Wildman–Crippen MR) is 132 cm³/mol. The van der Waals surface area contributed by atoms with Crippen LogP contribution in [0.15, 0.2) is 59.6 Å². The van der Waals surface area contributed by atoms with Gasteiger partial charge in [-0.15, -0.1) is 0 Å². The molecule has 0 aliphatic heterocycles. The van der Waals surface area contributed by atoms with Gasteiger partial charge in [-0.2, -0.15) is 4.98 Å². The summed E-state index contributed by atoms with van der Waals surface area (Å²) in [5, 5.41) is 2.52. The molecule has 1 amide bonds. The SMILES string of the molecule is CNC(=O)c1ccc(Oc2cc(C3CCCCC3(C)C)nc(NS(=O)(=O)c3ccccc3)n2)cn1. The van der Waals surface area contributed by atoms with Gasteiger partial charge in [0.15, 0.2) is 0 Å². The molecule has 0 spiro atoms. The van der Waals surface area contributed by atoms with Crippen molar-refractivity contribution < 1.29 is 17.9 Å². The van der Waals surface area contributed by atoms with Gasteiger partial charge in [0.2, 0.25) is 11.8 Å². The van der Waals surface area contributed by atoms with Crippen LogP contribution in [0.3, 0.4) is 0 Å². The van der Waals surface area contributed by atoms with Crippen molar-refractivity contribution in [1.82, 2.24) is 20.3 Å². The molecule has 9 nitrogen and oxygen atoms in total. The third-order valence-electron chi connectivity index (χ3n) is 6.28. The average molecular weight is 496 g/mol. The van der Waals surface area contributed by atoms with Crippen LogP contribution in [0.5, 0.6) is 11.6 Å². The minimum atomic E-state index is -3.88. The number of nitrogens with zero attached hydrogens (tertiary/aromatic N) is 3.